The van der Waals surface area contributed by atoms with Gasteiger partial charge in [-0.15, -0.1) is 11.3 Å². The van der Waals surface area contributed by atoms with Gasteiger partial charge in [-0.3, -0.25) is 4.79 Å². The first-order valence-electron chi connectivity index (χ1n) is 5.30. The van der Waals surface area contributed by atoms with Crippen LogP contribution in [-0.2, 0) is 4.79 Å². The molecule has 0 saturated heterocycles. The monoisotopic (exact) mass is 254 g/mol. The Hall–Kier alpha value is -2.38. The Morgan fingerprint density at radius 3 is 2.67 bits per heavy atom. The van der Waals surface area contributed by atoms with Gasteiger partial charge in [-0.05, 0) is 41.8 Å². The van der Waals surface area contributed by atoms with Gasteiger partial charge in [0.1, 0.15) is 0 Å². The fourth-order valence-corrected chi connectivity index (χ4v) is 1.97. The number of rotatable bonds is 3. The molecule has 0 aliphatic carbocycles. The minimum Gasteiger partial charge on any atom is -0.323 e. The van der Waals surface area contributed by atoms with Gasteiger partial charge in [0.2, 0.25) is 5.91 Å². The maximum Gasteiger partial charge on any atom is 0.248 e. The first kappa shape index (κ1) is 12.1. The van der Waals surface area contributed by atoms with Crippen LogP contribution in [0, 0.1) is 11.3 Å². The third-order valence-corrected chi connectivity index (χ3v) is 3.06. The van der Waals surface area contributed by atoms with Crippen molar-refractivity contribution in [1.82, 2.24) is 0 Å². The van der Waals surface area contributed by atoms with Crippen LogP contribution in [0.3, 0.4) is 0 Å². The number of nitriles is 1. The molecule has 0 atom stereocenters. The first-order valence-corrected chi connectivity index (χ1v) is 6.18. The molecule has 0 aliphatic heterocycles. The molecule has 4 heteroatoms. The largest absolute Gasteiger partial charge is 0.323 e. The number of amides is 1. The molecule has 1 heterocycles. The van der Waals surface area contributed by atoms with Crippen LogP contribution in [0.4, 0.5) is 5.69 Å². The van der Waals surface area contributed by atoms with Crippen LogP contribution in [0.5, 0.6) is 0 Å². The predicted molar refractivity (Wildman–Crippen MR) is 73.1 cm³/mol. The highest BCUT2D eigenvalue weighted by Crippen LogP contribution is 2.11. The number of nitrogens with zero attached hydrogens (tertiary/aromatic N) is 1. The smallest absolute Gasteiger partial charge is 0.248 e. The Balaban J connectivity index is 1.97. The van der Waals surface area contributed by atoms with Crippen molar-refractivity contribution in [2.75, 3.05) is 5.32 Å². The van der Waals surface area contributed by atoms with E-state index >= 15 is 0 Å². The van der Waals surface area contributed by atoms with Crippen molar-refractivity contribution in [2.24, 2.45) is 0 Å². The third-order valence-electron chi connectivity index (χ3n) is 2.22. The molecule has 1 N–H and O–H groups in total. The normalized spacial score (nSPS) is 10.2. The molecule has 88 valence electrons. The number of anilines is 1. The number of nitrogens with one attached hydrogen (secondary N) is 1. The van der Waals surface area contributed by atoms with Crippen molar-refractivity contribution in [3.8, 4) is 6.07 Å². The zero-order valence-electron chi connectivity index (χ0n) is 9.46. The van der Waals surface area contributed by atoms with Crippen molar-refractivity contribution < 1.29 is 4.79 Å². The number of carbonyl (C=O) groups excluding carboxylic acids is 1. The summed E-state index contributed by atoms with van der Waals surface area (Å²) < 4.78 is 0. The third kappa shape index (κ3) is 3.30. The zero-order chi connectivity index (χ0) is 12.8. The van der Waals surface area contributed by atoms with Gasteiger partial charge in [-0.1, -0.05) is 6.07 Å². The second-order valence-corrected chi connectivity index (χ2v) is 4.51. The van der Waals surface area contributed by atoms with E-state index in [4.69, 9.17) is 5.26 Å². The summed E-state index contributed by atoms with van der Waals surface area (Å²) in [5, 5.41) is 13.3. The lowest BCUT2D eigenvalue weighted by atomic mass is 10.2. The van der Waals surface area contributed by atoms with Gasteiger partial charge in [0.15, 0.2) is 0 Å². The average Bonchev–Trinajstić information content (AvgIpc) is 2.90. The van der Waals surface area contributed by atoms with Gasteiger partial charge in [0, 0.05) is 16.6 Å². The lowest BCUT2D eigenvalue weighted by Gasteiger charge is -2.01. The van der Waals surface area contributed by atoms with E-state index in [1.165, 1.54) is 6.08 Å². The fraction of sp³-hybridized carbons (Fsp3) is 0. The lowest BCUT2D eigenvalue weighted by molar-refractivity contribution is -0.111. The van der Waals surface area contributed by atoms with E-state index in [0.717, 1.165) is 4.88 Å². The maximum absolute atomic E-state index is 11.6. The molecule has 0 spiro atoms. The maximum atomic E-state index is 11.6. The summed E-state index contributed by atoms with van der Waals surface area (Å²) in [5.74, 6) is -0.187. The first-order chi connectivity index (χ1) is 8.78. The van der Waals surface area contributed by atoms with Crippen LogP contribution in [0.1, 0.15) is 10.4 Å². The molecular weight excluding hydrogens is 244 g/mol. The van der Waals surface area contributed by atoms with E-state index in [1.54, 1.807) is 41.7 Å². The summed E-state index contributed by atoms with van der Waals surface area (Å²) in [6.45, 7) is 0. The molecule has 1 aromatic carbocycles. The van der Waals surface area contributed by atoms with Crippen LogP contribution in [0.25, 0.3) is 6.08 Å². The molecule has 2 aromatic rings. The Morgan fingerprint density at radius 2 is 2.06 bits per heavy atom. The highest BCUT2D eigenvalue weighted by Gasteiger charge is 1.98. The van der Waals surface area contributed by atoms with E-state index in [2.05, 4.69) is 5.32 Å². The van der Waals surface area contributed by atoms with E-state index in [1.807, 2.05) is 23.6 Å². The minimum atomic E-state index is -0.187. The molecule has 2 rings (SSSR count). The molecule has 0 bridgehead atoms. The van der Waals surface area contributed by atoms with Crippen LogP contribution in [0.2, 0.25) is 0 Å². The predicted octanol–water partition coefficient (Wildman–Crippen LogP) is 3.27. The summed E-state index contributed by atoms with van der Waals surface area (Å²) in [7, 11) is 0. The van der Waals surface area contributed by atoms with Crippen molar-refractivity contribution in [3.63, 3.8) is 0 Å². The molecule has 0 fully saturated rings. The molecule has 3 nitrogen and oxygen atoms in total. The van der Waals surface area contributed by atoms with Crippen molar-refractivity contribution in [3.05, 3.63) is 58.3 Å². The molecule has 0 radical (unpaired) electrons. The van der Waals surface area contributed by atoms with Crippen LogP contribution < -0.4 is 5.32 Å². The highest BCUT2D eigenvalue weighted by atomic mass is 32.1. The summed E-state index contributed by atoms with van der Waals surface area (Å²) in [6.07, 6.45) is 3.26. The van der Waals surface area contributed by atoms with Crippen molar-refractivity contribution in [2.45, 2.75) is 0 Å². The highest BCUT2D eigenvalue weighted by molar-refractivity contribution is 7.10. The summed E-state index contributed by atoms with van der Waals surface area (Å²) in [6, 6.07) is 12.6. The van der Waals surface area contributed by atoms with Crippen LogP contribution in [-0.4, -0.2) is 5.91 Å². The molecule has 0 saturated carbocycles. The summed E-state index contributed by atoms with van der Waals surface area (Å²) in [4.78, 5) is 12.6. The van der Waals surface area contributed by atoms with Gasteiger partial charge in [-0.2, -0.15) is 5.26 Å². The molecule has 1 aromatic heterocycles. The average molecular weight is 254 g/mol. The standard InChI is InChI=1S/C14H10N2OS/c15-10-11-3-5-12(6-4-11)16-14(17)8-7-13-2-1-9-18-13/h1-9H,(H,16,17). The van der Waals surface area contributed by atoms with Crippen molar-refractivity contribution >= 4 is 29.0 Å². The quantitative estimate of drug-likeness (QED) is 0.855. The number of benzene rings is 1. The van der Waals surface area contributed by atoms with E-state index in [9.17, 15) is 4.79 Å². The number of thiophene rings is 1. The number of hydrogen-bond donors (Lipinski definition) is 1. The van der Waals surface area contributed by atoms with Gasteiger partial charge in [-0.25, -0.2) is 0 Å². The van der Waals surface area contributed by atoms with Gasteiger partial charge < -0.3 is 5.32 Å². The number of carbonyl (C=O) groups is 1. The Labute approximate surface area is 109 Å². The van der Waals surface area contributed by atoms with Crippen LogP contribution in [0.15, 0.2) is 47.9 Å². The Bertz CT molecular complexity index is 592. The molecular formula is C14H10N2OS. The second kappa shape index (κ2) is 5.80. The van der Waals surface area contributed by atoms with E-state index < -0.39 is 0 Å². The van der Waals surface area contributed by atoms with Crippen molar-refractivity contribution in [1.29, 1.82) is 5.26 Å². The zero-order valence-corrected chi connectivity index (χ0v) is 10.3. The molecule has 0 aliphatic rings. The molecule has 0 unspecified atom stereocenters. The van der Waals surface area contributed by atoms with Crippen LogP contribution >= 0.6 is 11.3 Å². The van der Waals surface area contributed by atoms with Gasteiger partial charge >= 0.3 is 0 Å². The second-order valence-electron chi connectivity index (χ2n) is 3.53. The fourth-order valence-electron chi connectivity index (χ4n) is 1.36. The lowest BCUT2D eigenvalue weighted by Crippen LogP contribution is -2.07. The Morgan fingerprint density at radius 1 is 1.28 bits per heavy atom. The Kier molecular flexibility index (Phi) is 3.90. The SMILES string of the molecule is N#Cc1ccc(NC(=O)C=Cc2cccs2)cc1. The summed E-state index contributed by atoms with van der Waals surface area (Å²) in [5.41, 5.74) is 1.25. The van der Waals surface area contributed by atoms with E-state index in [-0.39, 0.29) is 5.91 Å². The topological polar surface area (TPSA) is 52.9 Å². The van der Waals surface area contributed by atoms with E-state index in [0.29, 0.717) is 11.3 Å². The molecule has 1 amide bonds. The van der Waals surface area contributed by atoms with Gasteiger partial charge in [0.05, 0.1) is 11.6 Å². The summed E-state index contributed by atoms with van der Waals surface area (Å²) >= 11 is 1.57. The van der Waals surface area contributed by atoms with Gasteiger partial charge in [0.25, 0.3) is 0 Å². The number of hydrogen-bond acceptors (Lipinski definition) is 3. The minimum absolute atomic E-state index is 0.187. The molecule has 18 heavy (non-hydrogen) atoms.